The molecule has 0 aliphatic carbocycles. The summed E-state index contributed by atoms with van der Waals surface area (Å²) in [5.74, 6) is -1.07. The molecule has 8 heteroatoms. The number of aromatic nitrogens is 1. The number of para-hydroxylation sites is 1. The lowest BCUT2D eigenvalue weighted by atomic mass is 10.0. The van der Waals surface area contributed by atoms with Crippen LogP contribution < -0.4 is 4.90 Å². The molecule has 0 saturated carbocycles. The Bertz CT molecular complexity index is 1200. The van der Waals surface area contributed by atoms with E-state index >= 15 is 0 Å². The number of thioether (sulfide) groups is 1. The fourth-order valence-electron chi connectivity index (χ4n) is 4.29. The van der Waals surface area contributed by atoms with E-state index in [-0.39, 0.29) is 11.7 Å². The van der Waals surface area contributed by atoms with E-state index in [2.05, 4.69) is 35.0 Å². The van der Waals surface area contributed by atoms with Crippen LogP contribution in [0.25, 0.3) is 11.1 Å². The highest BCUT2D eigenvalue weighted by atomic mass is 32.2. The number of fused-ring (bicyclic) bond motifs is 1. The lowest BCUT2D eigenvalue weighted by molar-refractivity contribution is 0.0690. The fraction of sp³-hybridized carbons (Fsp3) is 0.308. The minimum Gasteiger partial charge on any atom is -0.477 e. The molecule has 6 nitrogen and oxygen atoms in total. The molecule has 1 aliphatic heterocycles. The second-order valence-corrected chi connectivity index (χ2v) is 10.7. The van der Waals surface area contributed by atoms with Gasteiger partial charge in [-0.05, 0) is 60.2 Å². The van der Waals surface area contributed by atoms with Crippen LogP contribution in [0.1, 0.15) is 36.7 Å². The molecule has 2 heterocycles. The van der Waals surface area contributed by atoms with Crippen LogP contribution in [-0.2, 0) is 11.0 Å². The normalized spacial score (nSPS) is 18.4. The van der Waals surface area contributed by atoms with E-state index in [1.165, 1.54) is 6.20 Å². The summed E-state index contributed by atoms with van der Waals surface area (Å²) >= 11 is 1.59. The topological polar surface area (TPSA) is 73.7 Å². The molecule has 0 radical (unpaired) electrons. The van der Waals surface area contributed by atoms with Crippen molar-refractivity contribution in [1.29, 1.82) is 0 Å². The Hall–Kier alpha value is -2.68. The van der Waals surface area contributed by atoms with Crippen molar-refractivity contribution >= 4 is 40.1 Å². The predicted molar refractivity (Wildman–Crippen MR) is 139 cm³/mol. The number of carboxylic acids is 1. The molecule has 0 saturated heterocycles. The van der Waals surface area contributed by atoms with Gasteiger partial charge in [-0.2, -0.15) is 0 Å². The Balaban J connectivity index is 1.91. The van der Waals surface area contributed by atoms with E-state index < -0.39 is 17.0 Å². The molecule has 178 valence electrons. The Morgan fingerprint density at radius 1 is 1.21 bits per heavy atom. The van der Waals surface area contributed by atoms with E-state index in [1.54, 1.807) is 23.9 Å². The van der Waals surface area contributed by atoms with Crippen LogP contribution in [0.5, 0.6) is 0 Å². The maximum absolute atomic E-state index is 13.8. The van der Waals surface area contributed by atoms with Crippen molar-refractivity contribution < 1.29 is 14.1 Å². The average Bonchev–Trinajstić information content (AvgIpc) is 2.97. The van der Waals surface area contributed by atoms with Crippen molar-refractivity contribution in [2.75, 3.05) is 24.7 Å². The zero-order valence-electron chi connectivity index (χ0n) is 19.6. The van der Waals surface area contributed by atoms with Gasteiger partial charge in [0.1, 0.15) is 16.7 Å². The second kappa shape index (κ2) is 10.7. The van der Waals surface area contributed by atoms with Gasteiger partial charge in [0.05, 0.1) is 10.6 Å². The van der Waals surface area contributed by atoms with Crippen molar-refractivity contribution in [2.24, 2.45) is 0 Å². The molecule has 4 rings (SSSR count). The van der Waals surface area contributed by atoms with Gasteiger partial charge in [0.25, 0.3) is 0 Å². The van der Waals surface area contributed by atoms with Crippen molar-refractivity contribution in [2.45, 2.75) is 42.0 Å². The SMILES string of the molecule is CCCCC1CN(c2ccccc2)c2cc(SC)c(-c3ccnc(C(=O)O)c3)cc2S(=O)N1C. The maximum Gasteiger partial charge on any atom is 0.354 e. The summed E-state index contributed by atoms with van der Waals surface area (Å²) in [5, 5.41) is 9.42. The van der Waals surface area contributed by atoms with Crippen LogP contribution >= 0.6 is 11.8 Å². The van der Waals surface area contributed by atoms with Gasteiger partial charge in [0, 0.05) is 36.4 Å². The first-order valence-corrected chi connectivity index (χ1v) is 13.7. The number of hydrogen-bond acceptors (Lipinski definition) is 5. The molecule has 2 unspecified atom stereocenters. The Morgan fingerprint density at radius 3 is 2.65 bits per heavy atom. The summed E-state index contributed by atoms with van der Waals surface area (Å²) in [4.78, 5) is 19.5. The minimum absolute atomic E-state index is 0.0109. The monoisotopic (exact) mass is 495 g/mol. The fourth-order valence-corrected chi connectivity index (χ4v) is 6.24. The maximum atomic E-state index is 13.8. The second-order valence-electron chi connectivity index (χ2n) is 8.29. The van der Waals surface area contributed by atoms with Crippen LogP contribution in [0.4, 0.5) is 11.4 Å². The van der Waals surface area contributed by atoms with Crippen LogP contribution in [0.15, 0.2) is 70.6 Å². The van der Waals surface area contributed by atoms with Crippen molar-refractivity contribution in [3.8, 4) is 11.1 Å². The number of anilines is 2. The highest BCUT2D eigenvalue weighted by Gasteiger charge is 2.32. The van der Waals surface area contributed by atoms with Gasteiger partial charge in [0.15, 0.2) is 0 Å². The van der Waals surface area contributed by atoms with E-state index in [4.69, 9.17) is 0 Å². The number of nitrogens with zero attached hydrogens (tertiary/aromatic N) is 3. The van der Waals surface area contributed by atoms with Gasteiger partial charge in [0.2, 0.25) is 0 Å². The number of benzene rings is 2. The molecule has 34 heavy (non-hydrogen) atoms. The Labute approximate surface area is 207 Å². The van der Waals surface area contributed by atoms with Gasteiger partial charge in [-0.1, -0.05) is 38.0 Å². The Morgan fingerprint density at radius 2 is 1.97 bits per heavy atom. The number of likely N-dealkylation sites (N-methyl/N-ethyl adjacent to an activating group) is 1. The molecule has 3 aromatic rings. The predicted octanol–water partition coefficient (Wildman–Crippen LogP) is 5.83. The molecule has 1 aliphatic rings. The lowest BCUT2D eigenvalue weighted by Gasteiger charge is -2.30. The number of rotatable bonds is 7. The van der Waals surface area contributed by atoms with Gasteiger partial charge < -0.3 is 10.0 Å². The average molecular weight is 496 g/mol. The van der Waals surface area contributed by atoms with E-state index in [0.717, 1.165) is 58.1 Å². The van der Waals surface area contributed by atoms with Gasteiger partial charge in [-0.25, -0.2) is 18.3 Å². The number of hydrogen-bond donors (Lipinski definition) is 1. The molecule has 1 N–H and O–H groups in total. The number of aromatic carboxylic acids is 1. The summed E-state index contributed by atoms with van der Waals surface area (Å²) in [6, 6.07) is 17.8. The smallest absolute Gasteiger partial charge is 0.354 e. The summed E-state index contributed by atoms with van der Waals surface area (Å²) in [5.41, 5.74) is 3.59. The van der Waals surface area contributed by atoms with Crippen molar-refractivity contribution in [3.05, 3.63) is 66.5 Å². The van der Waals surface area contributed by atoms with Crippen LogP contribution in [0.2, 0.25) is 0 Å². The molecule has 1 aromatic heterocycles. The molecular formula is C26H29N3O3S2. The summed E-state index contributed by atoms with van der Waals surface area (Å²) in [6.45, 7) is 2.92. The van der Waals surface area contributed by atoms with Crippen LogP contribution in [-0.4, -0.2) is 50.5 Å². The van der Waals surface area contributed by atoms with Crippen LogP contribution in [0.3, 0.4) is 0 Å². The first-order chi connectivity index (χ1) is 16.4. The summed E-state index contributed by atoms with van der Waals surface area (Å²) < 4.78 is 15.8. The van der Waals surface area contributed by atoms with Crippen LogP contribution in [0, 0.1) is 0 Å². The molecule has 0 amide bonds. The van der Waals surface area contributed by atoms with Crippen molar-refractivity contribution in [1.82, 2.24) is 9.29 Å². The molecular weight excluding hydrogens is 466 g/mol. The number of carboxylic acid groups (broad SMARTS) is 1. The first kappa shape index (κ1) is 24.4. The number of unbranched alkanes of at least 4 members (excludes halogenated alkanes) is 1. The van der Waals surface area contributed by atoms with Gasteiger partial charge in [-0.3, -0.25) is 0 Å². The quantitative estimate of drug-likeness (QED) is 0.416. The molecule has 2 atom stereocenters. The number of pyridine rings is 1. The number of carbonyl (C=O) groups is 1. The molecule has 2 aromatic carbocycles. The van der Waals surface area contributed by atoms with E-state index in [1.807, 2.05) is 41.9 Å². The third kappa shape index (κ3) is 4.89. The van der Waals surface area contributed by atoms with Gasteiger partial charge in [-0.15, -0.1) is 11.8 Å². The summed E-state index contributed by atoms with van der Waals surface area (Å²) in [6.07, 6.45) is 6.63. The standard InChI is InChI=1S/C26H29N3O3S2/c1-4-5-9-20-17-29(19-10-7-6-8-11-19)23-16-24(33-3)21(15-25(23)34(32)28(20)2)18-12-13-27-22(14-18)26(30)31/h6-8,10-16,20H,4-5,9,17H2,1-3H3,(H,30,31). The highest BCUT2D eigenvalue weighted by molar-refractivity contribution is 7.98. The zero-order chi connectivity index (χ0) is 24.2. The zero-order valence-corrected chi connectivity index (χ0v) is 21.2. The Kier molecular flexibility index (Phi) is 7.70. The molecule has 0 fully saturated rings. The third-order valence-corrected chi connectivity index (χ3v) is 8.48. The third-order valence-electron chi connectivity index (χ3n) is 6.18. The summed E-state index contributed by atoms with van der Waals surface area (Å²) in [7, 11) is 0.573. The van der Waals surface area contributed by atoms with Gasteiger partial charge >= 0.3 is 5.97 Å². The highest BCUT2D eigenvalue weighted by Crippen LogP contribution is 2.42. The largest absolute Gasteiger partial charge is 0.477 e. The van der Waals surface area contributed by atoms with E-state index in [0.29, 0.717) is 0 Å². The molecule has 0 bridgehead atoms. The van der Waals surface area contributed by atoms with Crippen molar-refractivity contribution in [3.63, 3.8) is 0 Å². The van der Waals surface area contributed by atoms with E-state index in [9.17, 15) is 14.1 Å². The lowest BCUT2D eigenvalue weighted by Crippen LogP contribution is -2.38. The minimum atomic E-state index is -1.36. The first-order valence-electron chi connectivity index (χ1n) is 11.3. The molecule has 0 spiro atoms.